The molecule has 0 bridgehead atoms. The van der Waals surface area contributed by atoms with Gasteiger partial charge in [-0.05, 0) is 6.92 Å². The number of hydrogen-bond acceptors (Lipinski definition) is 6. The first-order chi connectivity index (χ1) is 8.60. The van der Waals surface area contributed by atoms with Gasteiger partial charge >= 0.3 is 0 Å². The molecule has 2 unspecified atom stereocenters. The van der Waals surface area contributed by atoms with E-state index in [1.165, 1.54) is 0 Å². The maximum atomic E-state index is 11.2. The number of aromatic amines is 1. The fourth-order valence-corrected chi connectivity index (χ4v) is 2.46. The van der Waals surface area contributed by atoms with E-state index in [9.17, 15) is 4.21 Å². The Kier molecular flexibility index (Phi) is 3.75. The van der Waals surface area contributed by atoms with Gasteiger partial charge in [0.25, 0.3) is 0 Å². The Hall–Kier alpha value is -1.70. The fraction of sp³-hybridized carbons (Fsp3) is 0.500. The first-order valence-electron chi connectivity index (χ1n) is 5.55. The van der Waals surface area contributed by atoms with Crippen molar-refractivity contribution in [1.82, 2.24) is 19.9 Å². The molecule has 7 nitrogen and oxygen atoms in total. The zero-order valence-corrected chi connectivity index (χ0v) is 11.3. The second kappa shape index (κ2) is 5.30. The van der Waals surface area contributed by atoms with Crippen LogP contribution in [0.5, 0.6) is 0 Å². The molecule has 0 aliphatic carbocycles. The van der Waals surface area contributed by atoms with E-state index in [-0.39, 0.29) is 6.04 Å². The maximum absolute atomic E-state index is 11.2. The predicted molar refractivity (Wildman–Crippen MR) is 73.2 cm³/mol. The lowest BCUT2D eigenvalue weighted by Crippen LogP contribution is -2.23. The van der Waals surface area contributed by atoms with E-state index in [0.29, 0.717) is 23.2 Å². The molecular weight excluding hydrogens is 252 g/mol. The standard InChI is InChI=1S/C10H16N6OS/c1-6(4-18(3)17)14-9-7-8(13-5-12-7)15-10(11-2)16-9/h5-6H,4H2,1-3H3,(H3,11,12,13,14,15,16). The van der Waals surface area contributed by atoms with Crippen LogP contribution in [0.2, 0.25) is 0 Å². The van der Waals surface area contributed by atoms with E-state index in [4.69, 9.17) is 0 Å². The van der Waals surface area contributed by atoms with Gasteiger partial charge in [-0.25, -0.2) is 4.98 Å². The van der Waals surface area contributed by atoms with Gasteiger partial charge in [0.05, 0.1) is 6.33 Å². The molecular formula is C10H16N6OS. The van der Waals surface area contributed by atoms with Crippen molar-refractivity contribution in [3.05, 3.63) is 6.33 Å². The zero-order valence-electron chi connectivity index (χ0n) is 10.5. The molecule has 0 saturated heterocycles. The summed E-state index contributed by atoms with van der Waals surface area (Å²) in [6, 6.07) is 0.0574. The molecule has 3 N–H and O–H groups in total. The van der Waals surface area contributed by atoms with Gasteiger partial charge in [-0.3, -0.25) is 4.21 Å². The second-order valence-electron chi connectivity index (χ2n) is 4.03. The molecule has 18 heavy (non-hydrogen) atoms. The third-order valence-electron chi connectivity index (χ3n) is 2.38. The molecule has 2 rings (SSSR count). The SMILES string of the molecule is CNc1nc(NC(C)CS(C)=O)c2[nH]cnc2n1. The highest BCUT2D eigenvalue weighted by molar-refractivity contribution is 7.84. The molecule has 0 aromatic carbocycles. The van der Waals surface area contributed by atoms with Crippen molar-refractivity contribution in [3.8, 4) is 0 Å². The number of hydrogen-bond donors (Lipinski definition) is 3. The van der Waals surface area contributed by atoms with Crippen LogP contribution in [0, 0.1) is 0 Å². The predicted octanol–water partition coefficient (Wildman–Crippen LogP) is 0.573. The second-order valence-corrected chi connectivity index (χ2v) is 5.51. The van der Waals surface area contributed by atoms with Crippen LogP contribution in [-0.4, -0.2) is 49.2 Å². The largest absolute Gasteiger partial charge is 0.365 e. The normalized spacial score (nSPS) is 14.4. The lowest BCUT2D eigenvalue weighted by molar-refractivity contribution is 0.683. The van der Waals surface area contributed by atoms with Crippen LogP contribution in [0.4, 0.5) is 11.8 Å². The third-order valence-corrected chi connectivity index (χ3v) is 3.35. The lowest BCUT2D eigenvalue weighted by atomic mass is 10.3. The maximum Gasteiger partial charge on any atom is 0.226 e. The number of fused-ring (bicyclic) bond motifs is 1. The molecule has 0 spiro atoms. The van der Waals surface area contributed by atoms with Gasteiger partial charge in [-0.1, -0.05) is 0 Å². The van der Waals surface area contributed by atoms with E-state index in [1.807, 2.05) is 6.92 Å². The molecule has 0 saturated carbocycles. The van der Waals surface area contributed by atoms with Crippen molar-refractivity contribution in [2.24, 2.45) is 0 Å². The molecule has 0 aliphatic heterocycles. The Balaban J connectivity index is 2.30. The molecule has 0 aliphatic rings. The van der Waals surface area contributed by atoms with E-state index < -0.39 is 10.8 Å². The Morgan fingerprint density at radius 3 is 2.94 bits per heavy atom. The van der Waals surface area contributed by atoms with Gasteiger partial charge < -0.3 is 15.6 Å². The van der Waals surface area contributed by atoms with Gasteiger partial charge in [-0.15, -0.1) is 0 Å². The van der Waals surface area contributed by atoms with Crippen LogP contribution in [0.1, 0.15) is 6.92 Å². The minimum atomic E-state index is -0.848. The summed E-state index contributed by atoms with van der Waals surface area (Å²) in [7, 11) is 0.904. The number of imidazole rings is 1. The highest BCUT2D eigenvalue weighted by Gasteiger charge is 2.12. The highest BCUT2D eigenvalue weighted by atomic mass is 32.2. The summed E-state index contributed by atoms with van der Waals surface area (Å²) < 4.78 is 11.2. The van der Waals surface area contributed by atoms with Gasteiger partial charge in [0, 0.05) is 35.9 Å². The zero-order chi connectivity index (χ0) is 13.1. The van der Waals surface area contributed by atoms with Crippen LogP contribution in [0.25, 0.3) is 11.2 Å². The quantitative estimate of drug-likeness (QED) is 0.734. The average molecular weight is 268 g/mol. The van der Waals surface area contributed by atoms with E-state index in [0.717, 1.165) is 5.52 Å². The summed E-state index contributed by atoms with van der Waals surface area (Å²) in [5.74, 6) is 1.73. The molecule has 0 amide bonds. The molecule has 8 heteroatoms. The van der Waals surface area contributed by atoms with Crippen LogP contribution in [-0.2, 0) is 10.8 Å². The van der Waals surface area contributed by atoms with Crippen molar-refractivity contribution in [1.29, 1.82) is 0 Å². The van der Waals surface area contributed by atoms with Gasteiger partial charge in [0.2, 0.25) is 5.95 Å². The molecule has 2 aromatic heterocycles. The number of rotatable bonds is 5. The molecule has 0 fully saturated rings. The Morgan fingerprint density at radius 1 is 1.50 bits per heavy atom. The van der Waals surface area contributed by atoms with E-state index >= 15 is 0 Å². The number of nitrogens with zero attached hydrogens (tertiary/aromatic N) is 3. The Bertz CT molecular complexity index is 568. The topological polar surface area (TPSA) is 95.6 Å². The molecule has 0 radical (unpaired) electrons. The average Bonchev–Trinajstić information content (AvgIpc) is 2.75. The van der Waals surface area contributed by atoms with Gasteiger partial charge in [-0.2, -0.15) is 9.97 Å². The summed E-state index contributed by atoms with van der Waals surface area (Å²) in [6.45, 7) is 1.96. The lowest BCUT2D eigenvalue weighted by Gasteiger charge is -2.14. The number of nitrogens with one attached hydrogen (secondary N) is 3. The Labute approximate surface area is 107 Å². The molecule has 2 heterocycles. The monoisotopic (exact) mass is 268 g/mol. The summed E-state index contributed by atoms with van der Waals surface area (Å²) in [5, 5.41) is 6.11. The first-order valence-corrected chi connectivity index (χ1v) is 7.28. The molecule has 2 aromatic rings. The number of anilines is 2. The van der Waals surface area contributed by atoms with Gasteiger partial charge in [0.15, 0.2) is 11.5 Å². The number of H-pyrrole nitrogens is 1. The van der Waals surface area contributed by atoms with Crippen LogP contribution in [0.3, 0.4) is 0 Å². The minimum absolute atomic E-state index is 0.0574. The minimum Gasteiger partial charge on any atom is -0.365 e. The Morgan fingerprint density at radius 2 is 2.28 bits per heavy atom. The number of aromatic nitrogens is 4. The van der Waals surface area contributed by atoms with E-state index in [1.54, 1.807) is 19.6 Å². The first kappa shape index (κ1) is 12.7. The van der Waals surface area contributed by atoms with Crippen LogP contribution < -0.4 is 10.6 Å². The molecule has 98 valence electrons. The molecule has 2 atom stereocenters. The summed E-state index contributed by atoms with van der Waals surface area (Å²) in [6.07, 6.45) is 3.26. The van der Waals surface area contributed by atoms with Crippen molar-refractivity contribution >= 4 is 33.7 Å². The summed E-state index contributed by atoms with van der Waals surface area (Å²) in [4.78, 5) is 15.7. The third kappa shape index (κ3) is 2.76. The smallest absolute Gasteiger partial charge is 0.226 e. The van der Waals surface area contributed by atoms with Crippen LogP contribution in [0.15, 0.2) is 6.33 Å². The van der Waals surface area contributed by atoms with Crippen molar-refractivity contribution in [2.45, 2.75) is 13.0 Å². The van der Waals surface area contributed by atoms with E-state index in [2.05, 4.69) is 30.6 Å². The summed E-state index contributed by atoms with van der Waals surface area (Å²) in [5.41, 5.74) is 1.35. The fourth-order valence-electron chi connectivity index (χ4n) is 1.68. The van der Waals surface area contributed by atoms with Crippen molar-refractivity contribution in [3.63, 3.8) is 0 Å². The van der Waals surface area contributed by atoms with Crippen LogP contribution >= 0.6 is 0 Å². The van der Waals surface area contributed by atoms with Crippen molar-refractivity contribution < 1.29 is 4.21 Å². The highest BCUT2D eigenvalue weighted by Crippen LogP contribution is 2.19. The summed E-state index contributed by atoms with van der Waals surface area (Å²) >= 11 is 0. The van der Waals surface area contributed by atoms with Crippen molar-refractivity contribution in [2.75, 3.05) is 29.7 Å². The van der Waals surface area contributed by atoms with Gasteiger partial charge in [0.1, 0.15) is 5.52 Å².